The first-order chi connectivity index (χ1) is 9.11. The highest BCUT2D eigenvalue weighted by Gasteiger charge is 2.21. The second-order valence-corrected chi connectivity index (χ2v) is 6.69. The maximum Gasteiger partial charge on any atom is 0.0426 e. The van der Waals surface area contributed by atoms with Gasteiger partial charge in [-0.2, -0.15) is 11.8 Å². The Kier molecular flexibility index (Phi) is 5.43. The molecule has 0 radical (unpaired) electrons. The third kappa shape index (κ3) is 4.30. The van der Waals surface area contributed by atoms with Crippen molar-refractivity contribution in [1.82, 2.24) is 5.32 Å². The van der Waals surface area contributed by atoms with Gasteiger partial charge >= 0.3 is 0 Å². The lowest BCUT2D eigenvalue weighted by atomic mass is 10.1. The largest absolute Gasteiger partial charge is 0.371 e. The van der Waals surface area contributed by atoms with Crippen molar-refractivity contribution in [3.8, 4) is 0 Å². The van der Waals surface area contributed by atoms with Gasteiger partial charge < -0.3 is 10.2 Å². The van der Waals surface area contributed by atoms with Crippen LogP contribution in [-0.4, -0.2) is 31.1 Å². The monoisotopic (exact) mass is 298 g/mol. The van der Waals surface area contributed by atoms with Gasteiger partial charge in [0.25, 0.3) is 0 Å². The lowest BCUT2D eigenvalue weighted by Crippen LogP contribution is -2.32. The summed E-state index contributed by atoms with van der Waals surface area (Å²) < 4.78 is 0. The summed E-state index contributed by atoms with van der Waals surface area (Å²) in [5.74, 6) is 1.12. The Labute approximate surface area is 125 Å². The van der Waals surface area contributed by atoms with Gasteiger partial charge in [-0.25, -0.2) is 0 Å². The topological polar surface area (TPSA) is 15.3 Å². The van der Waals surface area contributed by atoms with Crippen LogP contribution in [0, 0.1) is 0 Å². The molecule has 2 nitrogen and oxygen atoms in total. The summed E-state index contributed by atoms with van der Waals surface area (Å²) >= 11 is 8.05. The molecule has 0 aliphatic heterocycles. The van der Waals surface area contributed by atoms with E-state index in [4.69, 9.17) is 11.6 Å². The molecule has 106 valence electrons. The van der Waals surface area contributed by atoms with Crippen LogP contribution in [0.3, 0.4) is 0 Å². The van der Waals surface area contributed by atoms with E-state index in [1.165, 1.54) is 24.1 Å². The fourth-order valence-corrected chi connectivity index (χ4v) is 3.02. The highest BCUT2D eigenvalue weighted by molar-refractivity contribution is 7.98. The number of benzene rings is 1. The number of hydrogen-bond donors (Lipinski definition) is 1. The van der Waals surface area contributed by atoms with Crippen molar-refractivity contribution in [3.05, 3.63) is 28.8 Å². The van der Waals surface area contributed by atoms with Crippen LogP contribution >= 0.6 is 23.4 Å². The quantitative estimate of drug-likeness (QED) is 0.825. The van der Waals surface area contributed by atoms with Gasteiger partial charge in [-0.3, -0.25) is 0 Å². The molecule has 0 bridgehead atoms. The lowest BCUT2D eigenvalue weighted by Gasteiger charge is -2.29. The average molecular weight is 299 g/mol. The van der Waals surface area contributed by atoms with Crippen LogP contribution < -0.4 is 10.2 Å². The number of rotatable bonds is 7. The third-order valence-corrected chi connectivity index (χ3v) is 4.71. The smallest absolute Gasteiger partial charge is 0.0426 e. The number of thioether (sulfide) groups is 1. The van der Waals surface area contributed by atoms with Gasteiger partial charge in [-0.05, 0) is 43.7 Å². The average Bonchev–Trinajstić information content (AvgIpc) is 3.20. The summed E-state index contributed by atoms with van der Waals surface area (Å²) in [6.45, 7) is 3.20. The SMILES string of the molecule is CSCC(C)N(C)c1cc(Cl)ccc1CNC1CC1. The maximum absolute atomic E-state index is 6.17. The molecule has 19 heavy (non-hydrogen) atoms. The van der Waals surface area contributed by atoms with Crippen molar-refractivity contribution in [1.29, 1.82) is 0 Å². The highest BCUT2D eigenvalue weighted by Crippen LogP contribution is 2.27. The summed E-state index contributed by atoms with van der Waals surface area (Å²) in [6.07, 6.45) is 4.79. The van der Waals surface area contributed by atoms with E-state index in [2.05, 4.69) is 42.6 Å². The molecular weight excluding hydrogens is 276 g/mol. The zero-order valence-corrected chi connectivity index (χ0v) is 13.5. The second-order valence-electron chi connectivity index (χ2n) is 5.34. The fraction of sp³-hybridized carbons (Fsp3) is 0.600. The minimum atomic E-state index is 0.508. The first-order valence-corrected chi connectivity index (χ1v) is 8.62. The molecule has 0 spiro atoms. The van der Waals surface area contributed by atoms with Crippen molar-refractivity contribution < 1.29 is 0 Å². The van der Waals surface area contributed by atoms with Gasteiger partial charge in [-0.15, -0.1) is 0 Å². The number of nitrogens with zero attached hydrogens (tertiary/aromatic N) is 1. The van der Waals surface area contributed by atoms with E-state index in [-0.39, 0.29) is 0 Å². The summed E-state index contributed by atoms with van der Waals surface area (Å²) in [5, 5.41) is 4.40. The minimum absolute atomic E-state index is 0.508. The molecule has 0 aromatic heterocycles. The zero-order valence-electron chi connectivity index (χ0n) is 11.9. The molecular formula is C15H23ClN2S. The highest BCUT2D eigenvalue weighted by atomic mass is 35.5. The standard InChI is InChI=1S/C15H23ClN2S/c1-11(10-19-3)18(2)15-8-13(16)5-4-12(15)9-17-14-6-7-14/h4-5,8,11,14,17H,6-7,9-10H2,1-3H3. The van der Waals surface area contributed by atoms with Crippen molar-refractivity contribution in [2.24, 2.45) is 0 Å². The Bertz CT molecular complexity index is 421. The van der Waals surface area contributed by atoms with Crippen LogP contribution in [-0.2, 0) is 6.54 Å². The summed E-state index contributed by atoms with van der Waals surface area (Å²) in [6, 6.07) is 7.46. The molecule has 1 N–H and O–H groups in total. The van der Waals surface area contributed by atoms with Gasteiger partial charge in [0, 0.05) is 42.1 Å². The normalized spacial score (nSPS) is 16.4. The third-order valence-electron chi connectivity index (χ3n) is 3.65. The van der Waals surface area contributed by atoms with E-state index in [1.54, 1.807) is 0 Å². The predicted octanol–water partition coefficient (Wildman–Crippen LogP) is 3.78. The van der Waals surface area contributed by atoms with Crippen LogP contribution in [0.2, 0.25) is 5.02 Å². The van der Waals surface area contributed by atoms with Crippen LogP contribution in [0.15, 0.2) is 18.2 Å². The van der Waals surface area contributed by atoms with Crippen molar-refractivity contribution in [3.63, 3.8) is 0 Å². The maximum atomic E-state index is 6.17. The fourth-order valence-electron chi connectivity index (χ4n) is 2.15. The summed E-state index contributed by atoms with van der Waals surface area (Å²) in [7, 11) is 2.16. The Hall–Kier alpha value is -0.380. The summed E-state index contributed by atoms with van der Waals surface area (Å²) in [5.41, 5.74) is 2.59. The molecule has 4 heteroatoms. The molecule has 1 saturated carbocycles. The molecule has 1 atom stereocenters. The van der Waals surface area contributed by atoms with E-state index >= 15 is 0 Å². The molecule has 0 saturated heterocycles. The van der Waals surface area contributed by atoms with Gasteiger partial charge in [0.05, 0.1) is 0 Å². The Morgan fingerprint density at radius 1 is 1.47 bits per heavy atom. The molecule has 2 rings (SSSR count). The van der Waals surface area contributed by atoms with Gasteiger partial charge in [0.15, 0.2) is 0 Å². The predicted molar refractivity (Wildman–Crippen MR) is 87.6 cm³/mol. The number of anilines is 1. The first-order valence-electron chi connectivity index (χ1n) is 6.85. The Morgan fingerprint density at radius 3 is 2.84 bits per heavy atom. The zero-order chi connectivity index (χ0) is 13.8. The number of hydrogen-bond acceptors (Lipinski definition) is 3. The van der Waals surface area contributed by atoms with Crippen molar-refractivity contribution in [2.45, 2.75) is 38.4 Å². The minimum Gasteiger partial charge on any atom is -0.371 e. The Morgan fingerprint density at radius 2 is 2.21 bits per heavy atom. The van der Waals surface area contributed by atoms with Crippen molar-refractivity contribution in [2.75, 3.05) is 24.0 Å². The molecule has 1 aromatic rings. The van der Waals surface area contributed by atoms with Gasteiger partial charge in [0.1, 0.15) is 0 Å². The summed E-state index contributed by atoms with van der Waals surface area (Å²) in [4.78, 5) is 2.34. The molecule has 1 aliphatic carbocycles. The van der Waals surface area contributed by atoms with E-state index in [0.29, 0.717) is 6.04 Å². The molecule has 0 heterocycles. The van der Waals surface area contributed by atoms with Gasteiger partial charge in [-0.1, -0.05) is 17.7 Å². The second kappa shape index (κ2) is 6.87. The number of halogens is 1. The molecule has 1 unspecified atom stereocenters. The van der Waals surface area contributed by atoms with E-state index in [9.17, 15) is 0 Å². The molecule has 1 fully saturated rings. The molecule has 1 aliphatic rings. The molecule has 0 amide bonds. The van der Waals surface area contributed by atoms with Crippen molar-refractivity contribution >= 4 is 29.1 Å². The Balaban J connectivity index is 2.12. The van der Waals surface area contributed by atoms with Crippen LogP contribution in [0.25, 0.3) is 0 Å². The number of nitrogens with one attached hydrogen (secondary N) is 1. The lowest BCUT2D eigenvalue weighted by molar-refractivity contribution is 0.680. The van der Waals surface area contributed by atoms with E-state index in [0.717, 1.165) is 23.4 Å². The van der Waals surface area contributed by atoms with E-state index in [1.807, 2.05) is 17.8 Å². The van der Waals surface area contributed by atoms with Crippen LogP contribution in [0.4, 0.5) is 5.69 Å². The van der Waals surface area contributed by atoms with E-state index < -0.39 is 0 Å². The van der Waals surface area contributed by atoms with Crippen LogP contribution in [0.1, 0.15) is 25.3 Å². The first kappa shape index (κ1) is 15.0. The van der Waals surface area contributed by atoms with Crippen LogP contribution in [0.5, 0.6) is 0 Å². The molecule has 1 aromatic carbocycles. The van der Waals surface area contributed by atoms with Gasteiger partial charge in [0.2, 0.25) is 0 Å².